The average molecular weight is 301 g/mol. The molecule has 1 saturated carbocycles. The summed E-state index contributed by atoms with van der Waals surface area (Å²) in [5.74, 6) is -1.05. The smallest absolute Gasteiger partial charge is 0.305 e. The van der Waals surface area contributed by atoms with Crippen molar-refractivity contribution in [2.24, 2.45) is 0 Å². The maximum Gasteiger partial charge on any atom is 0.305 e. The summed E-state index contributed by atoms with van der Waals surface area (Å²) in [5, 5.41) is 17.2. The highest BCUT2D eigenvalue weighted by atomic mass is 16.4. The van der Waals surface area contributed by atoms with Crippen molar-refractivity contribution in [1.29, 1.82) is 0 Å². The van der Waals surface area contributed by atoms with E-state index in [-0.39, 0.29) is 18.9 Å². The predicted molar refractivity (Wildman–Crippen MR) is 81.3 cm³/mol. The van der Waals surface area contributed by atoms with Gasteiger partial charge in [-0.15, -0.1) is 0 Å². The largest absolute Gasteiger partial charge is 0.481 e. The molecule has 2 N–H and O–H groups in total. The summed E-state index contributed by atoms with van der Waals surface area (Å²) in [6, 6.07) is 7.69. The Hall–Kier alpha value is -2.37. The van der Waals surface area contributed by atoms with Gasteiger partial charge in [0.1, 0.15) is 6.54 Å². The first-order chi connectivity index (χ1) is 10.6. The molecule has 0 bridgehead atoms. The molecule has 0 unspecified atom stereocenters. The van der Waals surface area contributed by atoms with E-state index in [1.54, 1.807) is 10.9 Å². The zero-order valence-electron chi connectivity index (χ0n) is 12.3. The molecule has 1 heterocycles. The summed E-state index contributed by atoms with van der Waals surface area (Å²) in [5.41, 5.74) is 0.308. The zero-order chi connectivity index (χ0) is 15.6. The van der Waals surface area contributed by atoms with Crippen molar-refractivity contribution in [3.63, 3.8) is 0 Å². The highest BCUT2D eigenvalue weighted by molar-refractivity contribution is 5.82. The van der Waals surface area contributed by atoms with Crippen molar-refractivity contribution in [3.05, 3.63) is 30.5 Å². The molecule has 1 aliphatic carbocycles. The van der Waals surface area contributed by atoms with Gasteiger partial charge in [0.25, 0.3) is 0 Å². The number of benzene rings is 1. The molecule has 1 aromatic carbocycles. The number of rotatable bonds is 5. The average Bonchev–Trinajstić information content (AvgIpc) is 3.06. The Morgan fingerprint density at radius 2 is 2.00 bits per heavy atom. The molecule has 1 amide bonds. The normalized spacial score (nSPS) is 16.7. The number of carbonyl (C=O) groups excluding carboxylic acids is 1. The Labute approximate surface area is 128 Å². The molecule has 6 heteroatoms. The SMILES string of the molecule is O=C(O)CC1(NC(=O)Cn2ncc3ccccc32)CCCC1. The van der Waals surface area contributed by atoms with Crippen LogP contribution in [-0.4, -0.2) is 32.3 Å². The lowest BCUT2D eigenvalue weighted by molar-refractivity contribution is -0.139. The fourth-order valence-corrected chi connectivity index (χ4v) is 3.31. The molecule has 6 nitrogen and oxygen atoms in total. The van der Waals surface area contributed by atoms with E-state index in [0.717, 1.165) is 36.6 Å². The van der Waals surface area contributed by atoms with E-state index < -0.39 is 11.5 Å². The number of amides is 1. The van der Waals surface area contributed by atoms with Gasteiger partial charge in [0.2, 0.25) is 5.91 Å². The van der Waals surface area contributed by atoms with Crippen molar-refractivity contribution in [2.75, 3.05) is 0 Å². The van der Waals surface area contributed by atoms with E-state index >= 15 is 0 Å². The van der Waals surface area contributed by atoms with E-state index in [9.17, 15) is 9.59 Å². The molecule has 1 fully saturated rings. The van der Waals surface area contributed by atoms with E-state index in [1.165, 1.54) is 0 Å². The van der Waals surface area contributed by atoms with Gasteiger partial charge in [0.05, 0.1) is 23.7 Å². The molecule has 1 aromatic heterocycles. The lowest BCUT2D eigenvalue weighted by Crippen LogP contribution is -2.48. The fourth-order valence-electron chi connectivity index (χ4n) is 3.31. The van der Waals surface area contributed by atoms with Crippen molar-refractivity contribution < 1.29 is 14.7 Å². The van der Waals surface area contributed by atoms with E-state index in [2.05, 4.69) is 10.4 Å². The van der Waals surface area contributed by atoms with E-state index in [4.69, 9.17) is 5.11 Å². The molecule has 0 spiro atoms. The van der Waals surface area contributed by atoms with Gasteiger partial charge in [-0.3, -0.25) is 14.3 Å². The molecule has 3 rings (SSSR count). The Morgan fingerprint density at radius 3 is 2.73 bits per heavy atom. The van der Waals surface area contributed by atoms with Crippen molar-refractivity contribution >= 4 is 22.8 Å². The van der Waals surface area contributed by atoms with Crippen LogP contribution in [0.3, 0.4) is 0 Å². The van der Waals surface area contributed by atoms with Crippen molar-refractivity contribution in [1.82, 2.24) is 15.1 Å². The van der Waals surface area contributed by atoms with Gasteiger partial charge >= 0.3 is 5.97 Å². The first kappa shape index (κ1) is 14.6. The lowest BCUT2D eigenvalue weighted by atomic mass is 9.93. The second-order valence-electron chi connectivity index (χ2n) is 5.97. The number of nitrogens with one attached hydrogen (secondary N) is 1. The molecule has 0 atom stereocenters. The first-order valence-electron chi connectivity index (χ1n) is 7.51. The van der Waals surface area contributed by atoms with Gasteiger partial charge < -0.3 is 10.4 Å². The first-order valence-corrected chi connectivity index (χ1v) is 7.51. The van der Waals surface area contributed by atoms with Crippen LogP contribution in [-0.2, 0) is 16.1 Å². The molecule has 0 aliphatic heterocycles. The molecular weight excluding hydrogens is 282 g/mol. The second kappa shape index (κ2) is 5.79. The summed E-state index contributed by atoms with van der Waals surface area (Å²) in [6.45, 7) is 0.106. The van der Waals surface area contributed by atoms with Crippen molar-refractivity contribution in [3.8, 4) is 0 Å². The Balaban J connectivity index is 1.72. The maximum atomic E-state index is 12.3. The molecular formula is C16H19N3O3. The Bertz CT molecular complexity index is 701. The van der Waals surface area contributed by atoms with Crippen LogP contribution in [0.25, 0.3) is 10.9 Å². The summed E-state index contributed by atoms with van der Waals surface area (Å²) in [7, 11) is 0. The number of hydrogen-bond acceptors (Lipinski definition) is 3. The minimum absolute atomic E-state index is 0.0153. The van der Waals surface area contributed by atoms with Crippen LogP contribution in [0.4, 0.5) is 0 Å². The van der Waals surface area contributed by atoms with Gasteiger partial charge in [-0.1, -0.05) is 31.0 Å². The number of para-hydroxylation sites is 1. The predicted octanol–water partition coefficient (Wildman–Crippen LogP) is 1.94. The third-order valence-corrected chi connectivity index (χ3v) is 4.30. The van der Waals surface area contributed by atoms with Gasteiger partial charge in [0, 0.05) is 5.39 Å². The van der Waals surface area contributed by atoms with Crippen LogP contribution in [0.2, 0.25) is 0 Å². The van der Waals surface area contributed by atoms with Crippen LogP contribution >= 0.6 is 0 Å². The van der Waals surface area contributed by atoms with Gasteiger partial charge in [0.15, 0.2) is 0 Å². The minimum Gasteiger partial charge on any atom is -0.481 e. The van der Waals surface area contributed by atoms with Crippen LogP contribution in [0.5, 0.6) is 0 Å². The Morgan fingerprint density at radius 1 is 1.27 bits per heavy atom. The lowest BCUT2D eigenvalue weighted by Gasteiger charge is -2.28. The fraction of sp³-hybridized carbons (Fsp3) is 0.438. The molecule has 116 valence electrons. The van der Waals surface area contributed by atoms with Crippen LogP contribution in [0.15, 0.2) is 30.5 Å². The van der Waals surface area contributed by atoms with Gasteiger partial charge in [-0.05, 0) is 18.9 Å². The number of carbonyl (C=O) groups is 2. The molecule has 22 heavy (non-hydrogen) atoms. The second-order valence-corrected chi connectivity index (χ2v) is 5.97. The number of nitrogens with zero attached hydrogens (tertiary/aromatic N) is 2. The number of carboxylic acids is 1. The van der Waals surface area contributed by atoms with E-state index in [0.29, 0.717) is 0 Å². The highest BCUT2D eigenvalue weighted by Crippen LogP contribution is 2.32. The standard InChI is InChI=1S/C16H19N3O3/c20-14(18-16(9-15(21)22)7-3-4-8-16)11-19-13-6-2-1-5-12(13)10-17-19/h1-2,5-6,10H,3-4,7-9,11H2,(H,18,20)(H,21,22). The number of aromatic nitrogens is 2. The third-order valence-electron chi connectivity index (χ3n) is 4.30. The number of fused-ring (bicyclic) bond motifs is 1. The Kier molecular flexibility index (Phi) is 3.83. The van der Waals surface area contributed by atoms with Crippen LogP contribution in [0, 0.1) is 0 Å². The monoisotopic (exact) mass is 301 g/mol. The van der Waals surface area contributed by atoms with Crippen molar-refractivity contribution in [2.45, 2.75) is 44.2 Å². The number of carboxylic acid groups (broad SMARTS) is 1. The van der Waals surface area contributed by atoms with Gasteiger partial charge in [-0.25, -0.2) is 0 Å². The summed E-state index contributed by atoms with van der Waals surface area (Å²) >= 11 is 0. The number of aliphatic carboxylic acids is 1. The van der Waals surface area contributed by atoms with Crippen LogP contribution < -0.4 is 5.32 Å². The maximum absolute atomic E-state index is 12.3. The highest BCUT2D eigenvalue weighted by Gasteiger charge is 2.37. The zero-order valence-corrected chi connectivity index (χ0v) is 12.3. The summed E-state index contributed by atoms with van der Waals surface area (Å²) in [4.78, 5) is 23.4. The molecule has 0 saturated heterocycles. The summed E-state index contributed by atoms with van der Waals surface area (Å²) in [6.07, 6.45) is 5.08. The number of hydrogen-bond donors (Lipinski definition) is 2. The third kappa shape index (κ3) is 2.95. The minimum atomic E-state index is -0.869. The van der Waals surface area contributed by atoms with Gasteiger partial charge in [-0.2, -0.15) is 5.10 Å². The topological polar surface area (TPSA) is 84.2 Å². The molecule has 1 aliphatic rings. The molecule has 2 aromatic rings. The molecule has 0 radical (unpaired) electrons. The summed E-state index contributed by atoms with van der Waals surface area (Å²) < 4.78 is 1.65. The quantitative estimate of drug-likeness (QED) is 0.884. The van der Waals surface area contributed by atoms with E-state index in [1.807, 2.05) is 24.3 Å². The van der Waals surface area contributed by atoms with Crippen LogP contribution in [0.1, 0.15) is 32.1 Å².